The molecule has 0 radical (unpaired) electrons. The molecule has 196 valence electrons. The molecular formula is C29H28ClN3O4S. The molecule has 1 atom stereocenters. The molecule has 1 unspecified atom stereocenters. The van der Waals surface area contributed by atoms with Crippen molar-refractivity contribution in [2.24, 2.45) is 0 Å². The van der Waals surface area contributed by atoms with Crippen molar-refractivity contribution in [1.82, 2.24) is 4.90 Å². The quantitative estimate of drug-likeness (QED) is 0.266. The van der Waals surface area contributed by atoms with Gasteiger partial charge in [-0.1, -0.05) is 48.0 Å². The average molecular weight is 550 g/mol. The lowest BCUT2D eigenvalue weighted by atomic mass is 10.1. The van der Waals surface area contributed by atoms with E-state index in [4.69, 9.17) is 28.6 Å². The highest BCUT2D eigenvalue weighted by Crippen LogP contribution is 2.29. The number of amides is 2. The number of anilines is 2. The molecule has 2 amide bonds. The number of thiocarbonyl (C=S) groups is 1. The second kappa shape index (κ2) is 12.7. The summed E-state index contributed by atoms with van der Waals surface area (Å²) in [6, 6.07) is 22.7. The van der Waals surface area contributed by atoms with Crippen LogP contribution >= 0.6 is 23.8 Å². The molecule has 0 aromatic heterocycles. The highest BCUT2D eigenvalue weighted by molar-refractivity contribution is 7.80. The van der Waals surface area contributed by atoms with E-state index in [2.05, 4.69) is 17.4 Å². The Morgan fingerprint density at radius 3 is 2.45 bits per heavy atom. The summed E-state index contributed by atoms with van der Waals surface area (Å²) >= 11 is 11.9. The van der Waals surface area contributed by atoms with Gasteiger partial charge in [-0.15, -0.1) is 0 Å². The molecule has 1 aliphatic rings. The molecule has 1 saturated heterocycles. The van der Waals surface area contributed by atoms with Crippen molar-refractivity contribution in [3.05, 3.63) is 95.0 Å². The van der Waals surface area contributed by atoms with E-state index in [1.54, 1.807) is 55.5 Å². The van der Waals surface area contributed by atoms with E-state index in [0.29, 0.717) is 33.6 Å². The summed E-state index contributed by atoms with van der Waals surface area (Å²) in [6.45, 7) is 2.53. The summed E-state index contributed by atoms with van der Waals surface area (Å²) in [6.07, 6.45) is 1.49. The maximum absolute atomic E-state index is 13.6. The van der Waals surface area contributed by atoms with Crippen LogP contribution in [0.25, 0.3) is 0 Å². The van der Waals surface area contributed by atoms with E-state index in [0.717, 1.165) is 12.8 Å². The van der Waals surface area contributed by atoms with Gasteiger partial charge >= 0.3 is 5.97 Å². The number of halogens is 1. The van der Waals surface area contributed by atoms with Gasteiger partial charge < -0.3 is 15.0 Å². The number of benzene rings is 3. The summed E-state index contributed by atoms with van der Waals surface area (Å²) in [4.78, 5) is 41.7. The number of aryl methyl sites for hydroxylation is 1. The van der Waals surface area contributed by atoms with Gasteiger partial charge in [0.05, 0.1) is 24.3 Å². The smallest absolute Gasteiger partial charge is 0.338 e. The molecule has 38 heavy (non-hydrogen) atoms. The topological polar surface area (TPSA) is 78.9 Å². The molecule has 0 saturated carbocycles. The molecule has 3 aromatic carbocycles. The third kappa shape index (κ3) is 6.57. The van der Waals surface area contributed by atoms with Crippen molar-refractivity contribution in [2.45, 2.75) is 32.2 Å². The van der Waals surface area contributed by atoms with Gasteiger partial charge in [-0.2, -0.15) is 0 Å². The highest BCUT2D eigenvalue weighted by atomic mass is 35.5. The van der Waals surface area contributed by atoms with Gasteiger partial charge in [-0.05, 0) is 80.0 Å². The first-order valence-electron chi connectivity index (χ1n) is 12.4. The predicted octanol–water partition coefficient (Wildman–Crippen LogP) is 5.48. The standard InChI is InChI=1S/C29H28ClN3O4S/c1-2-37-28(36)21-13-15-23(16-14-21)31-26(34)19-25-27(35)33(24-12-6-11-22(30)18-24)29(38)32(25)17-7-10-20-8-4-3-5-9-20/h3-6,8-9,11-16,18,25H,2,7,10,17,19H2,1H3,(H,31,34). The van der Waals surface area contributed by atoms with Gasteiger partial charge in [0.25, 0.3) is 5.91 Å². The zero-order chi connectivity index (χ0) is 27.1. The number of nitrogens with zero attached hydrogens (tertiary/aromatic N) is 2. The lowest BCUT2D eigenvalue weighted by Crippen LogP contribution is -2.38. The number of ether oxygens (including phenoxy) is 1. The lowest BCUT2D eigenvalue weighted by Gasteiger charge is -2.24. The van der Waals surface area contributed by atoms with E-state index in [-0.39, 0.29) is 24.8 Å². The molecule has 4 rings (SSSR count). The minimum Gasteiger partial charge on any atom is -0.462 e. The van der Waals surface area contributed by atoms with Crippen LogP contribution in [-0.2, 0) is 20.7 Å². The Hall–Kier alpha value is -3.75. The fraction of sp³-hybridized carbons (Fsp3) is 0.241. The van der Waals surface area contributed by atoms with Crippen LogP contribution in [0.3, 0.4) is 0 Å². The fourth-order valence-corrected chi connectivity index (χ4v) is 4.93. The van der Waals surface area contributed by atoms with Crippen molar-refractivity contribution in [2.75, 3.05) is 23.4 Å². The van der Waals surface area contributed by atoms with Crippen LogP contribution in [0.4, 0.5) is 11.4 Å². The zero-order valence-electron chi connectivity index (χ0n) is 20.9. The van der Waals surface area contributed by atoms with E-state index in [1.807, 2.05) is 23.1 Å². The number of carbonyl (C=O) groups excluding carboxylic acids is 3. The van der Waals surface area contributed by atoms with Crippen LogP contribution in [0.15, 0.2) is 78.9 Å². The van der Waals surface area contributed by atoms with E-state index in [1.165, 1.54) is 10.5 Å². The Morgan fingerprint density at radius 1 is 1.03 bits per heavy atom. The Kier molecular flexibility index (Phi) is 9.10. The number of nitrogens with one attached hydrogen (secondary N) is 1. The number of rotatable bonds is 10. The maximum Gasteiger partial charge on any atom is 0.338 e. The van der Waals surface area contributed by atoms with Gasteiger partial charge in [0.15, 0.2) is 5.11 Å². The Balaban J connectivity index is 1.48. The third-order valence-electron chi connectivity index (χ3n) is 6.15. The van der Waals surface area contributed by atoms with Crippen LogP contribution in [0.2, 0.25) is 5.02 Å². The molecule has 0 spiro atoms. The van der Waals surface area contributed by atoms with E-state index in [9.17, 15) is 14.4 Å². The summed E-state index contributed by atoms with van der Waals surface area (Å²) in [7, 11) is 0. The van der Waals surface area contributed by atoms with Gasteiger partial charge in [-0.3, -0.25) is 14.5 Å². The van der Waals surface area contributed by atoms with Crippen molar-refractivity contribution in [3.63, 3.8) is 0 Å². The summed E-state index contributed by atoms with van der Waals surface area (Å²) in [5, 5.41) is 3.65. The van der Waals surface area contributed by atoms with Gasteiger partial charge in [0.2, 0.25) is 5.91 Å². The third-order valence-corrected chi connectivity index (χ3v) is 6.80. The maximum atomic E-state index is 13.6. The monoisotopic (exact) mass is 549 g/mol. The zero-order valence-corrected chi connectivity index (χ0v) is 22.5. The minimum absolute atomic E-state index is 0.0823. The Labute approximate surface area is 232 Å². The van der Waals surface area contributed by atoms with E-state index >= 15 is 0 Å². The first-order chi connectivity index (χ1) is 18.4. The van der Waals surface area contributed by atoms with Crippen molar-refractivity contribution >= 4 is 58.1 Å². The molecule has 9 heteroatoms. The van der Waals surface area contributed by atoms with Gasteiger partial charge in [0, 0.05) is 17.3 Å². The number of hydrogen-bond acceptors (Lipinski definition) is 5. The Bertz CT molecular complexity index is 1320. The van der Waals surface area contributed by atoms with Crippen molar-refractivity contribution < 1.29 is 19.1 Å². The van der Waals surface area contributed by atoms with Gasteiger partial charge in [0.1, 0.15) is 6.04 Å². The van der Waals surface area contributed by atoms with Gasteiger partial charge in [-0.25, -0.2) is 4.79 Å². The number of carbonyl (C=O) groups is 3. The van der Waals surface area contributed by atoms with Crippen molar-refractivity contribution in [3.8, 4) is 0 Å². The summed E-state index contributed by atoms with van der Waals surface area (Å²) in [5.74, 6) is -1.04. The number of hydrogen-bond donors (Lipinski definition) is 1. The average Bonchev–Trinajstić information content (AvgIpc) is 3.13. The molecule has 3 aromatic rings. The predicted molar refractivity (Wildman–Crippen MR) is 152 cm³/mol. The molecular weight excluding hydrogens is 522 g/mol. The highest BCUT2D eigenvalue weighted by Gasteiger charge is 2.43. The molecule has 1 N–H and O–H groups in total. The van der Waals surface area contributed by atoms with Crippen LogP contribution in [0.5, 0.6) is 0 Å². The molecule has 1 fully saturated rings. The summed E-state index contributed by atoms with van der Waals surface area (Å²) < 4.78 is 4.99. The summed E-state index contributed by atoms with van der Waals surface area (Å²) in [5.41, 5.74) is 2.66. The Morgan fingerprint density at radius 2 is 1.76 bits per heavy atom. The van der Waals surface area contributed by atoms with Crippen LogP contribution in [0.1, 0.15) is 35.7 Å². The molecule has 1 aliphatic heterocycles. The molecule has 0 bridgehead atoms. The SMILES string of the molecule is CCOC(=O)c1ccc(NC(=O)CC2C(=O)N(c3cccc(Cl)c3)C(=S)N2CCCc2ccccc2)cc1. The second-order valence-corrected chi connectivity index (χ2v) is 9.59. The fourth-order valence-electron chi connectivity index (χ4n) is 4.33. The normalized spacial score (nSPS) is 15.1. The lowest BCUT2D eigenvalue weighted by molar-refractivity contribution is -0.124. The molecule has 0 aliphatic carbocycles. The van der Waals surface area contributed by atoms with Crippen molar-refractivity contribution in [1.29, 1.82) is 0 Å². The minimum atomic E-state index is -0.754. The first-order valence-corrected chi connectivity index (χ1v) is 13.2. The molecule has 7 nitrogen and oxygen atoms in total. The second-order valence-electron chi connectivity index (χ2n) is 8.78. The largest absolute Gasteiger partial charge is 0.462 e. The van der Waals surface area contributed by atoms with Crippen LogP contribution in [0, 0.1) is 0 Å². The van der Waals surface area contributed by atoms with Crippen LogP contribution in [-0.4, -0.2) is 47.0 Å². The number of esters is 1. The molecule has 1 heterocycles. The first kappa shape index (κ1) is 27.3. The van der Waals surface area contributed by atoms with E-state index < -0.39 is 12.0 Å². The van der Waals surface area contributed by atoms with Crippen LogP contribution < -0.4 is 10.2 Å².